The molecule has 1 aromatic heterocycles. The minimum absolute atomic E-state index is 0.0352. The molecule has 2 rings (SSSR count). The van der Waals surface area contributed by atoms with Crippen molar-refractivity contribution in [3.63, 3.8) is 0 Å². The molecule has 0 fully saturated rings. The van der Waals surface area contributed by atoms with E-state index in [9.17, 15) is 4.79 Å². The Balaban J connectivity index is 2.20. The number of nitrogens with zero attached hydrogens (tertiary/aromatic N) is 2. The van der Waals surface area contributed by atoms with Crippen LogP contribution in [0.3, 0.4) is 0 Å². The zero-order chi connectivity index (χ0) is 12.4. The predicted molar refractivity (Wildman–Crippen MR) is 67.5 cm³/mol. The second kappa shape index (κ2) is 4.72. The third-order valence-corrected chi connectivity index (χ3v) is 3.04. The number of imidazole rings is 1. The van der Waals surface area contributed by atoms with E-state index in [4.69, 9.17) is 11.6 Å². The van der Waals surface area contributed by atoms with Crippen molar-refractivity contribution < 1.29 is 4.79 Å². The summed E-state index contributed by atoms with van der Waals surface area (Å²) in [6.45, 7) is 4.18. The lowest BCUT2D eigenvalue weighted by Gasteiger charge is -2.05. The third kappa shape index (κ3) is 2.56. The van der Waals surface area contributed by atoms with Crippen LogP contribution >= 0.6 is 11.6 Å². The van der Waals surface area contributed by atoms with Gasteiger partial charge in [0.25, 0.3) is 0 Å². The van der Waals surface area contributed by atoms with Crippen molar-refractivity contribution in [3.05, 3.63) is 52.6 Å². The highest BCUT2D eigenvalue weighted by Gasteiger charge is 2.09. The fraction of sp³-hybridized carbons (Fsp3) is 0.231. The Morgan fingerprint density at radius 3 is 2.76 bits per heavy atom. The van der Waals surface area contributed by atoms with Crippen LogP contribution in [0.2, 0.25) is 5.02 Å². The maximum absolute atomic E-state index is 12.0. The molecule has 2 aromatic rings. The lowest BCUT2D eigenvalue weighted by Crippen LogP contribution is -2.10. The van der Waals surface area contributed by atoms with Crippen molar-refractivity contribution in [2.24, 2.45) is 0 Å². The van der Waals surface area contributed by atoms with Gasteiger partial charge in [0.1, 0.15) is 0 Å². The molecular formula is C13H13ClN2O. The predicted octanol–water partition coefficient (Wildman–Crippen LogP) is 3.04. The standard InChI is InChI=1S/C13H13ClN2O/c1-9-10(2)16(8-15-9)7-13(17)11-4-3-5-12(14)6-11/h3-6,8H,7H2,1-2H3. The molecule has 1 aromatic carbocycles. The zero-order valence-corrected chi connectivity index (χ0v) is 10.5. The summed E-state index contributed by atoms with van der Waals surface area (Å²) < 4.78 is 1.85. The van der Waals surface area contributed by atoms with Gasteiger partial charge in [-0.15, -0.1) is 0 Å². The van der Waals surface area contributed by atoms with E-state index in [1.807, 2.05) is 18.4 Å². The zero-order valence-electron chi connectivity index (χ0n) is 9.77. The molecule has 0 aliphatic heterocycles. The van der Waals surface area contributed by atoms with E-state index in [0.717, 1.165) is 11.4 Å². The molecule has 0 aliphatic rings. The Morgan fingerprint density at radius 2 is 2.18 bits per heavy atom. The number of aryl methyl sites for hydroxylation is 1. The summed E-state index contributed by atoms with van der Waals surface area (Å²) in [5.41, 5.74) is 2.59. The number of carbonyl (C=O) groups is 1. The van der Waals surface area contributed by atoms with E-state index in [1.165, 1.54) is 0 Å². The first-order valence-corrected chi connectivity index (χ1v) is 5.73. The van der Waals surface area contributed by atoms with Gasteiger partial charge in [-0.25, -0.2) is 4.98 Å². The minimum Gasteiger partial charge on any atom is -0.327 e. The molecule has 3 nitrogen and oxygen atoms in total. The van der Waals surface area contributed by atoms with Gasteiger partial charge in [-0.1, -0.05) is 23.7 Å². The first kappa shape index (κ1) is 11.9. The molecule has 0 N–H and O–H groups in total. The second-order valence-electron chi connectivity index (χ2n) is 3.98. The van der Waals surface area contributed by atoms with Gasteiger partial charge in [0, 0.05) is 16.3 Å². The third-order valence-electron chi connectivity index (χ3n) is 2.81. The normalized spacial score (nSPS) is 10.5. The fourth-order valence-corrected chi connectivity index (χ4v) is 1.80. The van der Waals surface area contributed by atoms with Crippen LogP contribution in [0, 0.1) is 13.8 Å². The summed E-state index contributed by atoms with van der Waals surface area (Å²) in [4.78, 5) is 16.2. The minimum atomic E-state index is 0.0352. The Kier molecular flexibility index (Phi) is 3.29. The van der Waals surface area contributed by atoms with Crippen LogP contribution in [0.15, 0.2) is 30.6 Å². The number of rotatable bonds is 3. The van der Waals surface area contributed by atoms with Crippen LogP contribution in [0.5, 0.6) is 0 Å². The Hall–Kier alpha value is -1.61. The summed E-state index contributed by atoms with van der Waals surface area (Å²) in [5, 5.41) is 0.578. The van der Waals surface area contributed by atoms with Crippen molar-refractivity contribution in [1.82, 2.24) is 9.55 Å². The van der Waals surface area contributed by atoms with Gasteiger partial charge in [-0.2, -0.15) is 0 Å². The monoisotopic (exact) mass is 248 g/mol. The summed E-state index contributed by atoms with van der Waals surface area (Å²) in [6, 6.07) is 6.99. The van der Waals surface area contributed by atoms with Crippen molar-refractivity contribution in [1.29, 1.82) is 0 Å². The molecule has 1 heterocycles. The molecule has 4 heteroatoms. The summed E-state index contributed by atoms with van der Waals surface area (Å²) in [6.07, 6.45) is 1.69. The number of hydrogen-bond donors (Lipinski definition) is 0. The first-order chi connectivity index (χ1) is 8.08. The Labute approximate surface area is 105 Å². The lowest BCUT2D eigenvalue weighted by molar-refractivity contribution is 0.0971. The molecular weight excluding hydrogens is 236 g/mol. The van der Waals surface area contributed by atoms with Gasteiger partial charge in [0.2, 0.25) is 0 Å². The van der Waals surface area contributed by atoms with E-state index < -0.39 is 0 Å². The van der Waals surface area contributed by atoms with Gasteiger partial charge in [-0.05, 0) is 26.0 Å². The molecule has 0 saturated carbocycles. The Morgan fingerprint density at radius 1 is 1.41 bits per heavy atom. The lowest BCUT2D eigenvalue weighted by atomic mass is 10.1. The molecule has 0 amide bonds. The number of halogens is 1. The van der Waals surface area contributed by atoms with Crippen molar-refractivity contribution in [2.75, 3.05) is 0 Å². The van der Waals surface area contributed by atoms with Gasteiger partial charge in [0.05, 0.1) is 18.6 Å². The van der Waals surface area contributed by atoms with Crippen LogP contribution < -0.4 is 0 Å². The number of aromatic nitrogens is 2. The Bertz CT molecular complexity index is 560. The summed E-state index contributed by atoms with van der Waals surface area (Å²) in [7, 11) is 0. The number of ketones is 1. The molecule has 0 atom stereocenters. The van der Waals surface area contributed by atoms with Crippen LogP contribution in [-0.4, -0.2) is 15.3 Å². The first-order valence-electron chi connectivity index (χ1n) is 5.35. The van der Waals surface area contributed by atoms with Crippen molar-refractivity contribution >= 4 is 17.4 Å². The van der Waals surface area contributed by atoms with E-state index >= 15 is 0 Å². The summed E-state index contributed by atoms with van der Waals surface area (Å²) in [5.74, 6) is 0.0352. The molecule has 0 unspecified atom stereocenters. The smallest absolute Gasteiger partial charge is 0.182 e. The molecule has 0 saturated heterocycles. The van der Waals surface area contributed by atoms with E-state index in [2.05, 4.69) is 4.98 Å². The maximum atomic E-state index is 12.0. The number of benzene rings is 1. The SMILES string of the molecule is Cc1ncn(CC(=O)c2cccc(Cl)c2)c1C. The molecule has 0 aliphatic carbocycles. The van der Waals surface area contributed by atoms with Crippen LogP contribution in [0.25, 0.3) is 0 Å². The average Bonchev–Trinajstić information content (AvgIpc) is 2.61. The highest BCUT2D eigenvalue weighted by atomic mass is 35.5. The van der Waals surface area contributed by atoms with E-state index in [-0.39, 0.29) is 5.78 Å². The second-order valence-corrected chi connectivity index (χ2v) is 4.41. The van der Waals surface area contributed by atoms with Gasteiger partial charge < -0.3 is 4.57 Å². The van der Waals surface area contributed by atoms with E-state index in [1.54, 1.807) is 30.6 Å². The van der Waals surface area contributed by atoms with Gasteiger partial charge in [0.15, 0.2) is 5.78 Å². The molecule has 17 heavy (non-hydrogen) atoms. The quantitative estimate of drug-likeness (QED) is 0.783. The number of carbonyl (C=O) groups excluding carboxylic acids is 1. The molecule has 88 valence electrons. The van der Waals surface area contributed by atoms with Gasteiger partial charge >= 0.3 is 0 Å². The number of Topliss-reactive ketones (excluding diaryl/α,β-unsaturated/α-hetero) is 1. The van der Waals surface area contributed by atoms with Gasteiger partial charge in [-0.3, -0.25) is 4.79 Å². The van der Waals surface area contributed by atoms with Crippen LogP contribution in [0.4, 0.5) is 0 Å². The fourth-order valence-electron chi connectivity index (χ4n) is 1.61. The highest BCUT2D eigenvalue weighted by molar-refractivity contribution is 6.31. The molecule has 0 radical (unpaired) electrons. The average molecular weight is 249 g/mol. The highest BCUT2D eigenvalue weighted by Crippen LogP contribution is 2.13. The summed E-state index contributed by atoms with van der Waals surface area (Å²) >= 11 is 5.86. The number of hydrogen-bond acceptors (Lipinski definition) is 2. The molecule has 0 spiro atoms. The van der Waals surface area contributed by atoms with Crippen LogP contribution in [-0.2, 0) is 6.54 Å². The topological polar surface area (TPSA) is 34.9 Å². The maximum Gasteiger partial charge on any atom is 0.182 e. The molecule has 0 bridgehead atoms. The van der Waals surface area contributed by atoms with E-state index in [0.29, 0.717) is 17.1 Å². The largest absolute Gasteiger partial charge is 0.327 e. The van der Waals surface area contributed by atoms with Crippen molar-refractivity contribution in [2.45, 2.75) is 20.4 Å². The van der Waals surface area contributed by atoms with Crippen LogP contribution in [0.1, 0.15) is 21.7 Å². The van der Waals surface area contributed by atoms with Crippen molar-refractivity contribution in [3.8, 4) is 0 Å².